The number of amides is 2. The Morgan fingerprint density at radius 1 is 1.25 bits per heavy atom. The molecule has 1 aromatic heterocycles. The van der Waals surface area contributed by atoms with Gasteiger partial charge < -0.3 is 10.6 Å². The van der Waals surface area contributed by atoms with Crippen molar-refractivity contribution in [3.05, 3.63) is 58.4 Å². The van der Waals surface area contributed by atoms with Gasteiger partial charge in [-0.25, -0.2) is 0 Å². The second kappa shape index (κ2) is 7.93. The summed E-state index contributed by atoms with van der Waals surface area (Å²) in [5.41, 5.74) is 2.73. The molecule has 0 radical (unpaired) electrons. The Morgan fingerprint density at radius 2 is 2.00 bits per heavy atom. The lowest BCUT2D eigenvalue weighted by atomic mass is 10.1. The lowest BCUT2D eigenvalue weighted by Crippen LogP contribution is -2.29. The number of nitrogens with zero attached hydrogens (tertiary/aromatic N) is 1. The van der Waals surface area contributed by atoms with E-state index in [1.54, 1.807) is 24.4 Å². The normalized spacial score (nSPS) is 11.7. The quantitative estimate of drug-likeness (QED) is 0.863. The van der Waals surface area contributed by atoms with Gasteiger partial charge in [-0.3, -0.25) is 14.6 Å². The number of nitrogens with one attached hydrogen (secondary N) is 2. The number of pyridine rings is 1. The molecule has 0 aliphatic carbocycles. The summed E-state index contributed by atoms with van der Waals surface area (Å²) in [5, 5.41) is 5.92. The Balaban J connectivity index is 2.23. The first-order valence-corrected chi connectivity index (χ1v) is 8.09. The van der Waals surface area contributed by atoms with Gasteiger partial charge in [-0.1, -0.05) is 18.5 Å². The third-order valence-corrected chi connectivity index (χ3v) is 3.87. The van der Waals surface area contributed by atoms with Crippen molar-refractivity contribution in [3.63, 3.8) is 0 Å². The summed E-state index contributed by atoms with van der Waals surface area (Å²) in [7, 11) is 0. The first-order valence-electron chi connectivity index (χ1n) is 7.71. The third-order valence-electron chi connectivity index (χ3n) is 3.54. The summed E-state index contributed by atoms with van der Waals surface area (Å²) < 4.78 is 0. The van der Waals surface area contributed by atoms with Gasteiger partial charge in [0.1, 0.15) is 0 Å². The second-order valence-electron chi connectivity index (χ2n) is 5.57. The summed E-state index contributed by atoms with van der Waals surface area (Å²) in [4.78, 5) is 28.1. The van der Waals surface area contributed by atoms with E-state index in [4.69, 9.17) is 11.6 Å². The van der Waals surface area contributed by atoms with Gasteiger partial charge >= 0.3 is 0 Å². The maximum absolute atomic E-state index is 12.6. The average molecular weight is 346 g/mol. The van der Waals surface area contributed by atoms with E-state index < -0.39 is 0 Å². The van der Waals surface area contributed by atoms with Crippen LogP contribution in [0.3, 0.4) is 0 Å². The summed E-state index contributed by atoms with van der Waals surface area (Å²) in [6, 6.07) is 8.45. The highest BCUT2D eigenvalue weighted by Gasteiger charge is 2.18. The van der Waals surface area contributed by atoms with Crippen LogP contribution in [-0.4, -0.2) is 16.8 Å². The Kier molecular flexibility index (Phi) is 5.93. The van der Waals surface area contributed by atoms with Gasteiger partial charge in [-0.15, -0.1) is 0 Å². The van der Waals surface area contributed by atoms with Crippen LogP contribution in [0, 0.1) is 6.92 Å². The van der Waals surface area contributed by atoms with Crippen LogP contribution in [0.4, 0.5) is 5.69 Å². The molecule has 2 aromatic rings. The molecule has 0 fully saturated rings. The summed E-state index contributed by atoms with van der Waals surface area (Å²) in [6.45, 7) is 5.36. The minimum Gasteiger partial charge on any atom is -0.344 e. The van der Waals surface area contributed by atoms with Gasteiger partial charge in [0, 0.05) is 18.8 Å². The van der Waals surface area contributed by atoms with Crippen molar-refractivity contribution in [2.24, 2.45) is 0 Å². The minimum absolute atomic E-state index is 0.209. The Labute approximate surface area is 146 Å². The van der Waals surface area contributed by atoms with E-state index in [0.717, 1.165) is 11.3 Å². The largest absolute Gasteiger partial charge is 0.344 e. The molecule has 6 heteroatoms. The Bertz CT molecular complexity index is 762. The number of benzene rings is 1. The smallest absolute Gasteiger partial charge is 0.253 e. The van der Waals surface area contributed by atoms with Crippen molar-refractivity contribution in [1.82, 2.24) is 10.3 Å². The number of aromatic nitrogens is 1. The van der Waals surface area contributed by atoms with E-state index in [0.29, 0.717) is 22.7 Å². The number of anilines is 1. The molecule has 1 atom stereocenters. The van der Waals surface area contributed by atoms with Gasteiger partial charge in [0.05, 0.1) is 22.3 Å². The number of rotatable bonds is 5. The molecule has 1 aromatic carbocycles. The average Bonchev–Trinajstić information content (AvgIpc) is 2.53. The van der Waals surface area contributed by atoms with Gasteiger partial charge in [0.2, 0.25) is 5.91 Å². The van der Waals surface area contributed by atoms with Crippen LogP contribution in [-0.2, 0) is 4.79 Å². The highest BCUT2D eigenvalue weighted by atomic mass is 35.5. The molecule has 1 heterocycles. The number of halogens is 1. The SMILES string of the molecule is CC[C@@H](NC(=O)c1cc(NC(C)=O)ccc1Cl)c1cc(C)ccn1. The topological polar surface area (TPSA) is 71.1 Å². The predicted molar refractivity (Wildman–Crippen MR) is 95.2 cm³/mol. The molecule has 0 aliphatic heterocycles. The summed E-state index contributed by atoms with van der Waals surface area (Å²) >= 11 is 6.14. The maximum atomic E-state index is 12.6. The highest BCUT2D eigenvalue weighted by Crippen LogP contribution is 2.22. The van der Waals surface area contributed by atoms with E-state index in [9.17, 15) is 9.59 Å². The van der Waals surface area contributed by atoms with Crippen LogP contribution in [0.5, 0.6) is 0 Å². The fourth-order valence-corrected chi connectivity index (χ4v) is 2.55. The lowest BCUT2D eigenvalue weighted by Gasteiger charge is -2.18. The van der Waals surface area contributed by atoms with Gasteiger partial charge in [-0.2, -0.15) is 0 Å². The standard InChI is InChI=1S/C18H20ClN3O2/c1-4-16(17-9-11(2)7-8-20-17)22-18(24)14-10-13(21-12(3)23)5-6-15(14)19/h5-10,16H,4H2,1-3H3,(H,21,23)(H,22,24)/t16-/m1/s1. The monoisotopic (exact) mass is 345 g/mol. The van der Waals surface area contributed by atoms with E-state index in [2.05, 4.69) is 15.6 Å². The molecule has 0 saturated carbocycles. The highest BCUT2D eigenvalue weighted by molar-refractivity contribution is 6.34. The molecule has 5 nitrogen and oxygen atoms in total. The van der Waals surface area contributed by atoms with Crippen molar-refractivity contribution < 1.29 is 9.59 Å². The van der Waals surface area contributed by atoms with Crippen LogP contribution in [0.1, 0.15) is 47.9 Å². The van der Waals surface area contributed by atoms with Gasteiger partial charge in [0.25, 0.3) is 5.91 Å². The zero-order valence-electron chi connectivity index (χ0n) is 13.9. The number of hydrogen-bond acceptors (Lipinski definition) is 3. The molecule has 2 amide bonds. The molecule has 0 aliphatic rings. The molecular formula is C18H20ClN3O2. The number of aryl methyl sites for hydroxylation is 1. The minimum atomic E-state index is -0.303. The molecule has 0 spiro atoms. The van der Waals surface area contributed by atoms with Crippen molar-refractivity contribution in [3.8, 4) is 0 Å². The van der Waals surface area contributed by atoms with Crippen LogP contribution in [0.2, 0.25) is 5.02 Å². The lowest BCUT2D eigenvalue weighted by molar-refractivity contribution is -0.114. The number of carbonyl (C=O) groups is 2. The molecule has 24 heavy (non-hydrogen) atoms. The number of carbonyl (C=O) groups excluding carboxylic acids is 2. The zero-order valence-corrected chi connectivity index (χ0v) is 14.6. The summed E-state index contributed by atoms with van der Waals surface area (Å²) in [6.07, 6.45) is 2.43. The van der Waals surface area contributed by atoms with Crippen LogP contribution in [0.25, 0.3) is 0 Å². The van der Waals surface area contributed by atoms with E-state index in [-0.39, 0.29) is 17.9 Å². The van der Waals surface area contributed by atoms with Gasteiger partial charge in [-0.05, 0) is 49.2 Å². The molecule has 0 unspecified atom stereocenters. The first-order chi connectivity index (χ1) is 11.4. The van der Waals surface area contributed by atoms with Crippen LogP contribution >= 0.6 is 11.6 Å². The van der Waals surface area contributed by atoms with Crippen molar-refractivity contribution >= 4 is 29.1 Å². The summed E-state index contributed by atoms with van der Waals surface area (Å²) in [5.74, 6) is -0.513. The second-order valence-corrected chi connectivity index (χ2v) is 5.98. The van der Waals surface area contributed by atoms with E-state index >= 15 is 0 Å². The van der Waals surface area contributed by atoms with Crippen molar-refractivity contribution in [2.75, 3.05) is 5.32 Å². The molecule has 126 valence electrons. The zero-order chi connectivity index (χ0) is 17.7. The number of hydrogen-bond donors (Lipinski definition) is 2. The fourth-order valence-electron chi connectivity index (χ4n) is 2.35. The predicted octanol–water partition coefficient (Wildman–Crippen LogP) is 3.88. The first kappa shape index (κ1) is 17.9. The molecule has 0 saturated heterocycles. The Morgan fingerprint density at radius 3 is 2.62 bits per heavy atom. The third kappa shape index (κ3) is 4.55. The fraction of sp³-hybridized carbons (Fsp3) is 0.278. The van der Waals surface area contributed by atoms with Crippen molar-refractivity contribution in [1.29, 1.82) is 0 Å². The molecular weight excluding hydrogens is 326 g/mol. The van der Waals surface area contributed by atoms with Crippen LogP contribution in [0.15, 0.2) is 36.5 Å². The van der Waals surface area contributed by atoms with Crippen molar-refractivity contribution in [2.45, 2.75) is 33.2 Å². The molecule has 2 N–H and O–H groups in total. The van der Waals surface area contributed by atoms with E-state index in [1.807, 2.05) is 26.0 Å². The Hall–Kier alpha value is -2.40. The molecule has 0 bridgehead atoms. The van der Waals surface area contributed by atoms with E-state index in [1.165, 1.54) is 6.92 Å². The van der Waals surface area contributed by atoms with Crippen LogP contribution < -0.4 is 10.6 Å². The van der Waals surface area contributed by atoms with Gasteiger partial charge in [0.15, 0.2) is 0 Å². The maximum Gasteiger partial charge on any atom is 0.253 e. The molecule has 2 rings (SSSR count).